The molecule has 0 aromatic carbocycles. The Bertz CT molecular complexity index is 3550. The van der Waals surface area contributed by atoms with Gasteiger partial charge in [0.25, 0.3) is 0 Å². The average molecular weight is 1500 g/mol. The number of anilines is 2. The molecule has 10 atom stereocenters. The molecule has 99 heavy (non-hydrogen) atoms. The fraction of sp³-hybridized carbons (Fsp3) is 0.781. The van der Waals surface area contributed by atoms with Gasteiger partial charge in [-0.1, -0.05) is 32.6 Å². The summed E-state index contributed by atoms with van der Waals surface area (Å²) in [6.45, 7) is 28.9. The van der Waals surface area contributed by atoms with Gasteiger partial charge in [0.2, 0.25) is 21.8 Å². The van der Waals surface area contributed by atoms with E-state index < -0.39 is 121 Å². The van der Waals surface area contributed by atoms with Crippen LogP contribution in [0.1, 0.15) is 154 Å². The highest BCUT2D eigenvalue weighted by Crippen LogP contribution is 2.55. The van der Waals surface area contributed by atoms with E-state index >= 15 is 0 Å². The highest BCUT2D eigenvalue weighted by molar-refractivity contribution is 7.65. The van der Waals surface area contributed by atoms with Crippen LogP contribution >= 0.6 is 49.1 Å². The summed E-state index contributed by atoms with van der Waals surface area (Å²) in [4.78, 5) is 74.4. The molecule has 6 aliphatic rings. The Hall–Kier alpha value is -4.49. The van der Waals surface area contributed by atoms with Gasteiger partial charge in [0, 0.05) is 25.1 Å². The Balaban J connectivity index is 0.000000244. The van der Waals surface area contributed by atoms with Crippen molar-refractivity contribution in [3.05, 3.63) is 23.0 Å². The van der Waals surface area contributed by atoms with Crippen molar-refractivity contribution in [3.63, 3.8) is 0 Å². The highest BCUT2D eigenvalue weighted by Gasteiger charge is 2.60. The minimum Gasteiger partial charge on any atom is -0.464 e. The molecule has 4 aromatic rings. The van der Waals surface area contributed by atoms with Crippen LogP contribution in [0.3, 0.4) is 0 Å². The first-order chi connectivity index (χ1) is 46.3. The van der Waals surface area contributed by atoms with Crippen LogP contribution in [0.25, 0.3) is 22.1 Å². The summed E-state index contributed by atoms with van der Waals surface area (Å²) in [5.41, 5.74) is -0.838. The van der Waals surface area contributed by atoms with E-state index in [9.17, 15) is 28.3 Å². The van der Waals surface area contributed by atoms with Gasteiger partial charge in [0.15, 0.2) is 47.0 Å². The zero-order chi connectivity index (χ0) is 73.0. The van der Waals surface area contributed by atoms with Crippen LogP contribution in [0.4, 0.5) is 21.2 Å². The van der Waals surface area contributed by atoms with Crippen LogP contribution in [0.2, 0.25) is 10.6 Å². The first kappa shape index (κ1) is 80.2. The van der Waals surface area contributed by atoms with Gasteiger partial charge in [0.05, 0.1) is 69.4 Å². The summed E-state index contributed by atoms with van der Waals surface area (Å²) < 4.78 is 113. The number of carbonyl (C=O) groups is 4. The van der Waals surface area contributed by atoms with Gasteiger partial charge in [-0.25, -0.2) is 28.5 Å². The van der Waals surface area contributed by atoms with Gasteiger partial charge < -0.3 is 75.4 Å². The standard InChI is InChI=1S/C33H51ClN5O11P.C29H43ClN5O9P.C2H5Cl/c1-10-45-28(40)33(51(8,9)42,19-44-16-15-43-7)46-18-22-23-24(49-32(5,6)48-23)27(47-22)39-26-21(17-35-39)25(36-29(34)37-26)38(20-13-11-12-14-20)30(41)50-31(2,3)4;1-9-39-24(36)25(45(7,8)38)40-15-18-19-20(43-29(5,6)42-19)23(41-18)35-22-17(14-31-35)21(32-26(30)33-22)34(16-12-10-11-13-16)27(37)44-28(2,3)4;1-2-3/h17,20,22-24,27H,10-16,18-19H2,1-9H3;14,16,18-20,23,25H,9-13,15H2,1-8H3;2H2,1H3/t22-,23-,24-,27-,33?;18-,19-,20-,23-,25?;/m11./s1. The zero-order valence-corrected chi connectivity index (χ0v) is 64.0. The lowest BCUT2D eigenvalue weighted by molar-refractivity contribution is -0.209. The van der Waals surface area contributed by atoms with E-state index in [1.54, 1.807) is 63.7 Å². The molecule has 556 valence electrons. The second-order valence-electron chi connectivity index (χ2n) is 28.5. The molecule has 0 spiro atoms. The van der Waals surface area contributed by atoms with E-state index in [0.29, 0.717) is 27.9 Å². The van der Waals surface area contributed by atoms with Crippen LogP contribution in [0.15, 0.2) is 12.4 Å². The number of rotatable bonds is 23. The Kier molecular flexibility index (Phi) is 26.5. The molecule has 6 fully saturated rings. The maximum atomic E-state index is 13.8. The third kappa shape index (κ3) is 19.1. The lowest BCUT2D eigenvalue weighted by Gasteiger charge is -2.35. The first-order valence-corrected chi connectivity index (χ1v) is 40.1. The number of halogens is 3. The number of esters is 2. The molecule has 4 saturated heterocycles. The van der Waals surface area contributed by atoms with E-state index in [1.165, 1.54) is 43.1 Å². The number of aromatic nitrogens is 8. The Morgan fingerprint density at radius 2 is 1.06 bits per heavy atom. The van der Waals surface area contributed by atoms with Gasteiger partial charge >= 0.3 is 24.1 Å². The van der Waals surface area contributed by atoms with Crippen molar-refractivity contribution < 1.29 is 94.6 Å². The number of fused-ring (bicyclic) bond motifs is 4. The van der Waals surface area contributed by atoms with Gasteiger partial charge in [-0.2, -0.15) is 30.1 Å². The topological polar surface area (TPSA) is 325 Å². The van der Waals surface area contributed by atoms with Crippen molar-refractivity contribution in [1.82, 2.24) is 39.5 Å². The van der Waals surface area contributed by atoms with E-state index in [4.69, 9.17) is 101 Å². The molecule has 30 nitrogen and oxygen atoms in total. The van der Waals surface area contributed by atoms with Crippen LogP contribution in [-0.4, -0.2) is 232 Å². The maximum absolute atomic E-state index is 13.8. The number of alkyl halides is 1. The highest BCUT2D eigenvalue weighted by atomic mass is 35.5. The quantitative estimate of drug-likeness (QED) is 0.0166. The Morgan fingerprint density at radius 3 is 1.44 bits per heavy atom. The summed E-state index contributed by atoms with van der Waals surface area (Å²) in [6, 6.07) is -0.275. The predicted molar refractivity (Wildman–Crippen MR) is 368 cm³/mol. The van der Waals surface area contributed by atoms with Crippen LogP contribution < -0.4 is 9.80 Å². The van der Waals surface area contributed by atoms with Crippen LogP contribution in [-0.2, 0) is 85.0 Å². The van der Waals surface area contributed by atoms with Gasteiger partial charge in [0.1, 0.15) is 62.1 Å². The summed E-state index contributed by atoms with van der Waals surface area (Å²) in [6.07, 6.45) is 3.10. The predicted octanol–water partition coefficient (Wildman–Crippen LogP) is 11.5. The van der Waals surface area contributed by atoms with Crippen LogP contribution in [0, 0.1) is 0 Å². The average Bonchev–Trinajstić information content (AvgIpc) is 1.59. The van der Waals surface area contributed by atoms with Crippen LogP contribution in [0.5, 0.6) is 0 Å². The van der Waals surface area contributed by atoms with Gasteiger partial charge in [-0.15, -0.1) is 11.6 Å². The lowest BCUT2D eigenvalue weighted by Crippen LogP contribution is -2.49. The molecule has 0 bridgehead atoms. The van der Waals surface area contributed by atoms with Crippen molar-refractivity contribution in [2.45, 2.75) is 237 Å². The van der Waals surface area contributed by atoms with Crippen molar-refractivity contribution in [1.29, 1.82) is 0 Å². The van der Waals surface area contributed by atoms with Gasteiger partial charge in [-0.3, -0.25) is 9.80 Å². The van der Waals surface area contributed by atoms with E-state index in [-0.39, 0.29) is 74.7 Å². The molecule has 10 rings (SSSR count). The summed E-state index contributed by atoms with van der Waals surface area (Å²) in [7, 11) is -4.89. The van der Waals surface area contributed by atoms with E-state index in [2.05, 4.69) is 30.1 Å². The second-order valence-corrected chi connectivity index (χ2v) is 36.4. The van der Waals surface area contributed by atoms with E-state index in [1.807, 2.05) is 48.5 Å². The molecule has 4 aromatic heterocycles. The number of ether oxygens (including phenoxy) is 14. The third-order valence-electron chi connectivity index (χ3n) is 16.7. The van der Waals surface area contributed by atoms with Crippen molar-refractivity contribution >= 4 is 107 Å². The first-order valence-electron chi connectivity index (χ1n) is 33.5. The van der Waals surface area contributed by atoms with E-state index in [0.717, 1.165) is 57.2 Å². The Labute approximate surface area is 593 Å². The summed E-state index contributed by atoms with van der Waals surface area (Å²) >= 11 is 18.0. The molecule has 4 aliphatic heterocycles. The normalized spacial score (nSPS) is 24.7. The summed E-state index contributed by atoms with van der Waals surface area (Å²) in [5, 5.41) is 8.09. The number of nitrogens with zero attached hydrogens (tertiary/aromatic N) is 10. The van der Waals surface area contributed by atoms with Crippen molar-refractivity contribution in [3.8, 4) is 0 Å². The number of amides is 2. The van der Waals surface area contributed by atoms with Crippen molar-refractivity contribution in [2.75, 3.05) is 95.7 Å². The molecule has 0 N–H and O–H groups in total. The number of hydrogen-bond acceptors (Lipinski definition) is 26. The lowest BCUT2D eigenvalue weighted by atomic mass is 10.1. The molecule has 2 saturated carbocycles. The molecular weight excluding hydrogens is 1400 g/mol. The number of methoxy groups -OCH3 is 1. The SMILES string of the molecule is CCCl.CCOC(=O)C(COCCOC)(OC[C@H]1O[C@@H](n2ncc3c(N(C(=O)OC(C)(C)C)C4CCCC4)nc(Cl)nc32)[C@@H]2OC(C)(C)O[C@@H]21)P(C)(C)=O.CCOC(=O)C(OC[C@H]1O[C@@H](n2ncc3c(N(C(=O)OC(C)(C)C)C4CCCC4)nc(Cl)nc32)[C@@H]2OC(C)(C)O[C@@H]21)P(C)(C)=O. The minimum absolute atomic E-state index is 0.0464. The maximum Gasteiger partial charge on any atom is 0.416 e. The fourth-order valence-electron chi connectivity index (χ4n) is 12.7. The third-order valence-corrected chi connectivity index (χ3v) is 20.7. The minimum atomic E-state index is -3.38. The molecule has 8 heterocycles. The number of carbonyl (C=O) groups excluding carboxylic acids is 4. The zero-order valence-electron chi connectivity index (χ0n) is 60.0. The molecule has 2 aliphatic carbocycles. The molecular formula is C64H99Cl3N10O20P2. The molecule has 2 amide bonds. The monoisotopic (exact) mass is 1490 g/mol. The second kappa shape index (κ2) is 32.7. The smallest absolute Gasteiger partial charge is 0.416 e. The van der Waals surface area contributed by atoms with Gasteiger partial charge in [-0.05, 0) is 159 Å². The Morgan fingerprint density at radius 1 is 0.646 bits per heavy atom. The number of hydrogen-bond donors (Lipinski definition) is 0. The van der Waals surface area contributed by atoms with Crippen molar-refractivity contribution in [2.24, 2.45) is 0 Å². The molecule has 35 heteroatoms. The fourth-order valence-corrected chi connectivity index (χ4v) is 15.3. The molecule has 0 radical (unpaired) electrons. The largest absolute Gasteiger partial charge is 0.464 e. The summed E-state index contributed by atoms with van der Waals surface area (Å²) in [5.74, 6) is -3.44. The molecule has 2 unspecified atom stereocenters.